The fraction of sp³-hybridized carbons (Fsp3) is 0.433. The number of hydrogen-bond donors (Lipinski definition) is 1. The summed E-state index contributed by atoms with van der Waals surface area (Å²) in [4.78, 5) is 15.5. The summed E-state index contributed by atoms with van der Waals surface area (Å²) in [5.41, 5.74) is 4.63. The SMILES string of the molecule is COC(Cc1c(N(Cc2ccccc2)C(=O)OCC[Si](C)(C)C)c2c3c(cccc3c1O)CCC2)OC. The van der Waals surface area contributed by atoms with Gasteiger partial charge in [0.15, 0.2) is 6.29 Å². The average molecular weight is 522 g/mol. The highest BCUT2D eigenvalue weighted by atomic mass is 28.3. The van der Waals surface area contributed by atoms with Crippen LogP contribution in [0.4, 0.5) is 10.5 Å². The monoisotopic (exact) mass is 521 g/mol. The largest absolute Gasteiger partial charge is 0.507 e. The van der Waals surface area contributed by atoms with Gasteiger partial charge in [-0.05, 0) is 47.4 Å². The van der Waals surface area contributed by atoms with Crippen LogP contribution in [0.2, 0.25) is 25.7 Å². The van der Waals surface area contributed by atoms with E-state index in [1.165, 1.54) is 5.56 Å². The first-order valence-electron chi connectivity index (χ1n) is 13.1. The molecular formula is C30H39NO5Si. The zero-order chi connectivity index (χ0) is 26.6. The molecule has 3 aromatic carbocycles. The third kappa shape index (κ3) is 6.17. The van der Waals surface area contributed by atoms with E-state index < -0.39 is 20.5 Å². The van der Waals surface area contributed by atoms with Crippen molar-refractivity contribution >= 4 is 30.6 Å². The van der Waals surface area contributed by atoms with Crippen LogP contribution in [0, 0.1) is 0 Å². The Hall–Kier alpha value is -2.87. The highest BCUT2D eigenvalue weighted by molar-refractivity contribution is 6.76. The molecule has 0 aromatic heterocycles. The summed E-state index contributed by atoms with van der Waals surface area (Å²) < 4.78 is 17.0. The van der Waals surface area contributed by atoms with Gasteiger partial charge >= 0.3 is 6.09 Å². The number of carbonyl (C=O) groups is 1. The van der Waals surface area contributed by atoms with E-state index in [1.807, 2.05) is 42.5 Å². The smallest absolute Gasteiger partial charge is 0.414 e. The highest BCUT2D eigenvalue weighted by Crippen LogP contribution is 2.46. The Balaban J connectivity index is 1.90. The van der Waals surface area contributed by atoms with Gasteiger partial charge in [0.05, 0.1) is 18.8 Å². The van der Waals surface area contributed by atoms with Crippen LogP contribution in [0.5, 0.6) is 5.75 Å². The van der Waals surface area contributed by atoms with Crippen LogP contribution in [-0.4, -0.2) is 46.4 Å². The molecule has 37 heavy (non-hydrogen) atoms. The lowest BCUT2D eigenvalue weighted by Crippen LogP contribution is -2.35. The Morgan fingerprint density at radius 2 is 1.76 bits per heavy atom. The molecule has 1 N–H and O–H groups in total. The molecule has 0 aliphatic heterocycles. The van der Waals surface area contributed by atoms with Gasteiger partial charge in [0, 0.05) is 39.7 Å². The Morgan fingerprint density at radius 1 is 1.03 bits per heavy atom. The van der Waals surface area contributed by atoms with Crippen molar-refractivity contribution in [3.63, 3.8) is 0 Å². The predicted molar refractivity (Wildman–Crippen MR) is 151 cm³/mol. The number of benzene rings is 3. The van der Waals surface area contributed by atoms with Gasteiger partial charge in [-0.25, -0.2) is 4.79 Å². The normalized spacial score (nSPS) is 13.2. The van der Waals surface area contributed by atoms with Gasteiger partial charge in [-0.3, -0.25) is 4.90 Å². The molecule has 1 aliphatic rings. The summed E-state index contributed by atoms with van der Waals surface area (Å²) in [5.74, 6) is 0.171. The van der Waals surface area contributed by atoms with Crippen LogP contribution in [0.25, 0.3) is 10.8 Å². The number of anilines is 1. The zero-order valence-corrected chi connectivity index (χ0v) is 23.7. The van der Waals surface area contributed by atoms with Crippen LogP contribution in [-0.2, 0) is 40.0 Å². The molecule has 0 radical (unpaired) electrons. The lowest BCUT2D eigenvalue weighted by molar-refractivity contribution is -0.100. The second-order valence-corrected chi connectivity index (χ2v) is 16.6. The van der Waals surface area contributed by atoms with Crippen molar-refractivity contribution in [2.45, 2.75) is 64.2 Å². The highest BCUT2D eigenvalue weighted by Gasteiger charge is 2.31. The van der Waals surface area contributed by atoms with E-state index in [-0.39, 0.29) is 5.75 Å². The molecule has 198 valence electrons. The molecule has 0 bridgehead atoms. The number of nitrogens with zero attached hydrogens (tertiary/aromatic N) is 1. The number of aryl methyl sites for hydroxylation is 2. The van der Waals surface area contributed by atoms with E-state index in [1.54, 1.807) is 19.1 Å². The van der Waals surface area contributed by atoms with E-state index in [2.05, 4.69) is 25.7 Å². The van der Waals surface area contributed by atoms with Gasteiger partial charge in [0.1, 0.15) is 5.75 Å². The Labute approximate surface area is 221 Å². The summed E-state index contributed by atoms with van der Waals surface area (Å²) in [6.45, 7) is 7.52. The standard InChI is InChI=1S/C30H39NO5Si/c1-34-26(35-2)19-25-28(23-15-9-13-22-14-10-16-24(27(22)23)29(25)32)31(20-21-11-7-6-8-12-21)30(33)36-17-18-37(3,4)5/h6-8,10-12,14,16,26,32H,9,13,15,17-20H2,1-5H3. The molecule has 0 heterocycles. The van der Waals surface area contributed by atoms with Crippen LogP contribution in [0.15, 0.2) is 48.5 Å². The number of rotatable bonds is 10. The van der Waals surface area contributed by atoms with E-state index in [9.17, 15) is 9.90 Å². The molecule has 0 saturated carbocycles. The van der Waals surface area contributed by atoms with Crippen LogP contribution in [0.3, 0.4) is 0 Å². The molecule has 4 rings (SSSR count). The Morgan fingerprint density at radius 3 is 2.43 bits per heavy atom. The van der Waals surface area contributed by atoms with E-state index in [4.69, 9.17) is 14.2 Å². The minimum Gasteiger partial charge on any atom is -0.507 e. The summed E-state index contributed by atoms with van der Waals surface area (Å²) >= 11 is 0. The minimum atomic E-state index is -1.38. The van der Waals surface area contributed by atoms with Crippen molar-refractivity contribution in [1.29, 1.82) is 0 Å². The van der Waals surface area contributed by atoms with Crippen LogP contribution < -0.4 is 4.90 Å². The molecule has 0 saturated heterocycles. The van der Waals surface area contributed by atoms with Gasteiger partial charge < -0.3 is 19.3 Å². The number of phenols is 1. The molecular weight excluding hydrogens is 482 g/mol. The van der Waals surface area contributed by atoms with Gasteiger partial charge in [-0.1, -0.05) is 68.2 Å². The number of phenolic OH excluding ortho intramolecular Hbond substituents is 1. The van der Waals surface area contributed by atoms with Crippen LogP contribution >= 0.6 is 0 Å². The Bertz CT molecular complexity index is 1230. The molecule has 0 unspecified atom stereocenters. The molecule has 0 spiro atoms. The first-order chi connectivity index (χ1) is 17.7. The second-order valence-electron chi connectivity index (χ2n) is 10.9. The quantitative estimate of drug-likeness (QED) is 0.238. The molecule has 7 heteroatoms. The maximum absolute atomic E-state index is 13.8. The van der Waals surface area contributed by atoms with Crippen molar-refractivity contribution in [3.8, 4) is 5.75 Å². The lowest BCUT2D eigenvalue weighted by Gasteiger charge is -2.32. The topological polar surface area (TPSA) is 68.2 Å². The summed E-state index contributed by atoms with van der Waals surface area (Å²) in [6.07, 6.45) is 2.07. The maximum Gasteiger partial charge on any atom is 0.414 e. The van der Waals surface area contributed by atoms with E-state index >= 15 is 0 Å². The fourth-order valence-corrected chi connectivity index (χ4v) is 5.82. The third-order valence-corrected chi connectivity index (χ3v) is 8.79. The second kappa shape index (κ2) is 11.7. The third-order valence-electron chi connectivity index (χ3n) is 7.09. The van der Waals surface area contributed by atoms with E-state index in [0.717, 1.165) is 52.9 Å². The van der Waals surface area contributed by atoms with Crippen molar-refractivity contribution in [2.75, 3.05) is 25.7 Å². The van der Waals surface area contributed by atoms with Crippen molar-refractivity contribution in [1.82, 2.24) is 0 Å². The number of aromatic hydroxyl groups is 1. The molecule has 3 aromatic rings. The van der Waals surface area contributed by atoms with Gasteiger partial charge in [0.2, 0.25) is 0 Å². The number of methoxy groups -OCH3 is 2. The maximum atomic E-state index is 13.8. The first-order valence-corrected chi connectivity index (χ1v) is 16.8. The number of hydrogen-bond acceptors (Lipinski definition) is 5. The average Bonchev–Trinajstić information content (AvgIpc) is 2.88. The first kappa shape index (κ1) is 27.2. The van der Waals surface area contributed by atoms with Crippen molar-refractivity contribution < 1.29 is 24.1 Å². The molecule has 0 atom stereocenters. The zero-order valence-electron chi connectivity index (χ0n) is 22.7. The van der Waals surface area contributed by atoms with Gasteiger partial charge in [-0.2, -0.15) is 0 Å². The minimum absolute atomic E-state index is 0.171. The predicted octanol–water partition coefficient (Wildman–Crippen LogP) is 6.68. The number of carbonyl (C=O) groups excluding carboxylic acids is 1. The number of amides is 1. The summed E-state index contributed by atoms with van der Waals surface area (Å²) in [5, 5.41) is 13.5. The van der Waals surface area contributed by atoms with Gasteiger partial charge in [-0.15, -0.1) is 0 Å². The van der Waals surface area contributed by atoms with E-state index in [0.29, 0.717) is 25.1 Å². The summed E-state index contributed by atoms with van der Waals surface area (Å²) in [7, 11) is 1.78. The number of ether oxygens (including phenoxy) is 3. The van der Waals surface area contributed by atoms with Crippen molar-refractivity contribution in [3.05, 3.63) is 70.8 Å². The Kier molecular flexibility index (Phi) is 8.57. The van der Waals surface area contributed by atoms with Crippen LogP contribution in [0.1, 0.15) is 28.7 Å². The molecule has 0 fully saturated rings. The summed E-state index contributed by atoms with van der Waals surface area (Å²) in [6, 6.07) is 16.9. The van der Waals surface area contributed by atoms with Crippen molar-refractivity contribution in [2.24, 2.45) is 0 Å². The molecule has 1 aliphatic carbocycles. The lowest BCUT2D eigenvalue weighted by atomic mass is 9.84. The molecule has 6 nitrogen and oxygen atoms in total. The fourth-order valence-electron chi connectivity index (χ4n) is 5.11. The van der Waals surface area contributed by atoms with Gasteiger partial charge in [0.25, 0.3) is 0 Å². The molecule has 1 amide bonds.